The molecule has 1 saturated heterocycles. The third-order valence-electron chi connectivity index (χ3n) is 8.93. The molecule has 2 aliphatic rings. The first-order valence-corrected chi connectivity index (χ1v) is 15.6. The second-order valence-electron chi connectivity index (χ2n) is 12.0. The molecule has 254 valence electrons. The summed E-state index contributed by atoms with van der Waals surface area (Å²) in [5.41, 5.74) is -0.675. The van der Waals surface area contributed by atoms with Gasteiger partial charge >= 0.3 is 6.18 Å². The first kappa shape index (κ1) is 32.5. The maximum atomic E-state index is 15.2. The van der Waals surface area contributed by atoms with Crippen LogP contribution in [0.1, 0.15) is 39.4 Å². The number of halogens is 5. The van der Waals surface area contributed by atoms with E-state index in [1.807, 2.05) is 0 Å². The maximum absolute atomic E-state index is 15.2. The highest BCUT2D eigenvalue weighted by atomic mass is 19.4. The zero-order chi connectivity index (χ0) is 34.6. The maximum Gasteiger partial charge on any atom is 0.417 e. The molecule has 2 aromatic carbocycles. The number of aromatic nitrogens is 3. The number of hydrogen-bond donors (Lipinski definition) is 2. The Balaban J connectivity index is 1.24. The number of rotatable bonds is 7. The molecule has 0 saturated carbocycles. The summed E-state index contributed by atoms with van der Waals surface area (Å²) in [6.45, 7) is 3.25. The molecule has 2 N–H and O–H groups in total. The Kier molecular flexibility index (Phi) is 8.23. The number of alkyl halides is 3. The Labute approximate surface area is 276 Å². The summed E-state index contributed by atoms with van der Waals surface area (Å²) in [4.78, 5) is 30.7. The molecule has 1 fully saturated rings. The molecule has 7 rings (SSSR count). The van der Waals surface area contributed by atoms with Crippen LogP contribution >= 0.6 is 0 Å². The fourth-order valence-corrected chi connectivity index (χ4v) is 6.44. The predicted molar refractivity (Wildman–Crippen MR) is 171 cm³/mol. The Morgan fingerprint density at radius 3 is 2.61 bits per heavy atom. The number of carbonyl (C=O) groups is 2. The van der Waals surface area contributed by atoms with Crippen molar-refractivity contribution < 1.29 is 41.0 Å². The Morgan fingerprint density at radius 1 is 1.12 bits per heavy atom. The van der Waals surface area contributed by atoms with Crippen LogP contribution in [-0.4, -0.2) is 58.0 Å². The van der Waals surface area contributed by atoms with Crippen LogP contribution in [-0.2, 0) is 29.2 Å². The Morgan fingerprint density at radius 2 is 1.90 bits per heavy atom. The molecular weight excluding hydrogens is 649 g/mol. The highest BCUT2D eigenvalue weighted by Crippen LogP contribution is 2.48. The van der Waals surface area contributed by atoms with E-state index in [1.54, 1.807) is 18.5 Å². The number of nitrogens with zero attached hydrogens (tertiary/aromatic N) is 3. The van der Waals surface area contributed by atoms with Crippen LogP contribution in [0.15, 0.2) is 54.7 Å². The number of amides is 1. The number of anilines is 1. The lowest BCUT2D eigenvalue weighted by Crippen LogP contribution is -2.29. The van der Waals surface area contributed by atoms with Crippen molar-refractivity contribution in [1.29, 1.82) is 0 Å². The van der Waals surface area contributed by atoms with Gasteiger partial charge in [-0.2, -0.15) is 13.2 Å². The van der Waals surface area contributed by atoms with Crippen molar-refractivity contribution in [3.8, 4) is 16.9 Å². The molecule has 0 aliphatic carbocycles. The molecule has 14 heteroatoms. The standard InChI is InChI=1S/C35H30F5N5O4/c1-18-42-31-26(44(18)2)16-23(35(38,39)40)29-22-5-4-10-45-27(15-19(32(22)45)7-12-49-34(29)31)33(47)20-13-24(36)30(25(37)14-20)43-28(46)6-3-9-41-21-8-11-48-17-21/h3-6,10,13-16,21,41H,7-9,11-12,17H2,1-2H3,(H,43,46)/b6-3+. The Hall–Kier alpha value is -5.08. The molecule has 49 heavy (non-hydrogen) atoms. The summed E-state index contributed by atoms with van der Waals surface area (Å²) in [5.74, 6) is -3.39. The van der Waals surface area contributed by atoms with Crippen LogP contribution in [0.2, 0.25) is 0 Å². The minimum Gasteiger partial charge on any atom is -0.490 e. The second kappa shape index (κ2) is 12.4. The number of nitrogens with one attached hydrogen (secondary N) is 2. The number of carbonyl (C=O) groups excluding carboxylic acids is 2. The summed E-state index contributed by atoms with van der Waals surface area (Å²) in [7, 11) is 1.62. The zero-order valence-electron chi connectivity index (χ0n) is 26.4. The van der Waals surface area contributed by atoms with Gasteiger partial charge in [0.2, 0.25) is 11.7 Å². The van der Waals surface area contributed by atoms with E-state index in [0.29, 0.717) is 36.7 Å². The lowest BCUT2D eigenvalue weighted by Gasteiger charge is -2.22. The van der Waals surface area contributed by atoms with Crippen LogP contribution in [0.25, 0.3) is 27.7 Å². The van der Waals surface area contributed by atoms with E-state index in [1.165, 1.54) is 34.9 Å². The van der Waals surface area contributed by atoms with Gasteiger partial charge in [0.1, 0.15) is 28.7 Å². The topological polar surface area (TPSA) is 98.9 Å². The lowest BCUT2D eigenvalue weighted by molar-refractivity contribution is -0.137. The Bertz CT molecular complexity index is 2160. The lowest BCUT2D eigenvalue weighted by atomic mass is 9.94. The summed E-state index contributed by atoms with van der Waals surface area (Å²) in [5, 5.41) is 5.35. The normalized spacial score (nSPS) is 16.2. The van der Waals surface area contributed by atoms with Crippen LogP contribution < -0.4 is 15.4 Å². The molecule has 3 aromatic heterocycles. The van der Waals surface area contributed by atoms with Crippen molar-refractivity contribution in [1.82, 2.24) is 19.3 Å². The van der Waals surface area contributed by atoms with Gasteiger partial charge in [-0.15, -0.1) is 0 Å². The smallest absolute Gasteiger partial charge is 0.417 e. The van der Waals surface area contributed by atoms with E-state index in [-0.39, 0.29) is 58.2 Å². The minimum absolute atomic E-state index is 0.0160. The third kappa shape index (κ3) is 5.84. The number of hydrogen-bond acceptors (Lipinski definition) is 6. The summed E-state index contributed by atoms with van der Waals surface area (Å²) in [6, 6.07) is 7.34. The van der Waals surface area contributed by atoms with Gasteiger partial charge in [0.25, 0.3) is 0 Å². The average molecular weight is 680 g/mol. The first-order valence-electron chi connectivity index (χ1n) is 15.6. The van der Waals surface area contributed by atoms with E-state index in [0.717, 1.165) is 30.7 Å². The average Bonchev–Trinajstić information content (AvgIpc) is 3.77. The molecule has 1 amide bonds. The van der Waals surface area contributed by atoms with Crippen LogP contribution in [0, 0.1) is 18.6 Å². The number of pyridine rings is 1. The van der Waals surface area contributed by atoms with Gasteiger partial charge in [0, 0.05) is 61.6 Å². The van der Waals surface area contributed by atoms with Crippen LogP contribution in [0.5, 0.6) is 5.75 Å². The highest BCUT2D eigenvalue weighted by Gasteiger charge is 2.39. The first-order chi connectivity index (χ1) is 23.4. The number of fused-ring (bicyclic) bond motifs is 4. The monoisotopic (exact) mass is 679 g/mol. The summed E-state index contributed by atoms with van der Waals surface area (Å²) < 4.78 is 88.6. The fourth-order valence-electron chi connectivity index (χ4n) is 6.44. The molecule has 0 radical (unpaired) electrons. The van der Waals surface area contributed by atoms with E-state index < -0.39 is 40.8 Å². The number of benzene rings is 2. The highest BCUT2D eigenvalue weighted by molar-refractivity contribution is 6.10. The molecule has 0 bridgehead atoms. The van der Waals surface area contributed by atoms with Crippen molar-refractivity contribution in [2.24, 2.45) is 7.05 Å². The van der Waals surface area contributed by atoms with Crippen molar-refractivity contribution in [3.05, 3.63) is 94.6 Å². The fraction of sp³-hybridized carbons (Fsp3) is 0.286. The van der Waals surface area contributed by atoms with Crippen molar-refractivity contribution in [2.45, 2.75) is 32.0 Å². The van der Waals surface area contributed by atoms with Crippen molar-refractivity contribution >= 4 is 33.9 Å². The number of imidazole rings is 1. The predicted octanol–water partition coefficient (Wildman–Crippen LogP) is 6.14. The van der Waals surface area contributed by atoms with Gasteiger partial charge in [-0.25, -0.2) is 13.8 Å². The van der Waals surface area contributed by atoms with Crippen molar-refractivity contribution in [2.75, 3.05) is 31.7 Å². The zero-order valence-corrected chi connectivity index (χ0v) is 26.4. The number of ether oxygens (including phenoxy) is 2. The molecular formula is C35H30F5N5O4. The van der Waals surface area contributed by atoms with E-state index in [2.05, 4.69) is 15.6 Å². The van der Waals surface area contributed by atoms with Gasteiger partial charge in [-0.05, 0) is 49.2 Å². The molecule has 1 unspecified atom stereocenters. The summed E-state index contributed by atoms with van der Waals surface area (Å²) in [6.07, 6.45) is 0.480. The molecule has 5 heterocycles. The third-order valence-corrected chi connectivity index (χ3v) is 8.93. The van der Waals surface area contributed by atoms with Crippen LogP contribution in [0.3, 0.4) is 0 Å². The molecule has 0 spiro atoms. The van der Waals surface area contributed by atoms with Gasteiger partial charge in [-0.1, -0.05) is 12.1 Å². The largest absolute Gasteiger partial charge is 0.490 e. The SMILES string of the molecule is Cc1nc2c3c(c(C(F)(F)F)cc2n1C)-c1cccn2c(C(=O)c4cc(F)c(NC(=O)/C=C/CNC5CCOC5)c(F)c4)cc(c12)CCO3. The van der Waals surface area contributed by atoms with Gasteiger partial charge in [-0.3, -0.25) is 9.59 Å². The van der Waals surface area contributed by atoms with Crippen molar-refractivity contribution in [3.63, 3.8) is 0 Å². The minimum atomic E-state index is -4.76. The molecule has 5 aromatic rings. The molecule has 1 atom stereocenters. The van der Waals surface area contributed by atoms with E-state index >= 15 is 8.78 Å². The molecule has 9 nitrogen and oxygen atoms in total. The second-order valence-corrected chi connectivity index (χ2v) is 12.0. The number of aryl methyl sites for hydroxylation is 2. The van der Waals surface area contributed by atoms with Gasteiger partial charge < -0.3 is 29.1 Å². The van der Waals surface area contributed by atoms with Gasteiger partial charge in [0.05, 0.1) is 35.5 Å². The quantitative estimate of drug-likeness (QED) is 0.122. The van der Waals surface area contributed by atoms with E-state index in [4.69, 9.17) is 9.47 Å². The summed E-state index contributed by atoms with van der Waals surface area (Å²) >= 11 is 0. The molecule has 2 aliphatic heterocycles. The number of ketones is 1. The van der Waals surface area contributed by atoms with Gasteiger partial charge in [0.15, 0.2) is 5.75 Å². The van der Waals surface area contributed by atoms with E-state index in [9.17, 15) is 22.8 Å². The van der Waals surface area contributed by atoms with Crippen LogP contribution in [0.4, 0.5) is 27.6 Å².